The summed E-state index contributed by atoms with van der Waals surface area (Å²) in [5.41, 5.74) is 2.60. The van der Waals surface area contributed by atoms with Crippen molar-refractivity contribution in [2.24, 2.45) is 7.05 Å². The molecule has 4 rings (SSSR count). The van der Waals surface area contributed by atoms with Crippen LogP contribution in [0.3, 0.4) is 0 Å². The van der Waals surface area contributed by atoms with Crippen molar-refractivity contribution in [3.63, 3.8) is 0 Å². The predicted octanol–water partition coefficient (Wildman–Crippen LogP) is 2.99. The first-order valence-electron chi connectivity index (χ1n) is 9.39. The Morgan fingerprint density at radius 3 is 2.69 bits per heavy atom. The first-order chi connectivity index (χ1) is 14.0. The number of carbonyl (C=O) groups excluding carboxylic acids is 2. The number of rotatable bonds is 4. The van der Waals surface area contributed by atoms with Crippen LogP contribution in [-0.4, -0.2) is 27.9 Å². The molecule has 1 aliphatic heterocycles. The number of imidazole rings is 1. The number of aromatic nitrogens is 2. The Morgan fingerprint density at radius 2 is 2.00 bits per heavy atom. The van der Waals surface area contributed by atoms with Crippen LogP contribution in [0.2, 0.25) is 0 Å². The summed E-state index contributed by atoms with van der Waals surface area (Å²) >= 11 is 0. The number of aryl methyl sites for hydroxylation is 1. The van der Waals surface area contributed by atoms with E-state index < -0.39 is 11.9 Å². The molecule has 0 radical (unpaired) electrons. The number of hydrogen-bond acceptors (Lipinski definition) is 3. The van der Waals surface area contributed by atoms with E-state index in [1.807, 2.05) is 0 Å². The van der Waals surface area contributed by atoms with E-state index in [0.717, 1.165) is 11.3 Å². The van der Waals surface area contributed by atoms with Crippen LogP contribution in [0.25, 0.3) is 0 Å². The van der Waals surface area contributed by atoms with Crippen molar-refractivity contribution in [3.8, 4) is 0 Å². The molecule has 0 fully saturated rings. The first kappa shape index (κ1) is 18.9. The zero-order chi connectivity index (χ0) is 20.5. The molecule has 0 saturated heterocycles. The third-order valence-corrected chi connectivity index (χ3v) is 5.23. The minimum absolute atomic E-state index is 0.0182. The molecular formula is C22H21FN4O2. The van der Waals surface area contributed by atoms with Crippen LogP contribution in [0.4, 0.5) is 10.1 Å². The average molecular weight is 392 g/mol. The second kappa shape index (κ2) is 7.50. The smallest absolute Gasteiger partial charge is 0.252 e. The van der Waals surface area contributed by atoms with Crippen molar-refractivity contribution >= 4 is 17.5 Å². The number of amides is 2. The van der Waals surface area contributed by atoms with E-state index in [-0.39, 0.29) is 11.8 Å². The Kier molecular flexibility index (Phi) is 4.88. The van der Waals surface area contributed by atoms with E-state index in [0.29, 0.717) is 29.9 Å². The molecule has 0 spiro atoms. The molecule has 1 unspecified atom stereocenters. The largest absolute Gasteiger partial charge is 0.338 e. The molecule has 7 heteroatoms. The van der Waals surface area contributed by atoms with Crippen molar-refractivity contribution < 1.29 is 14.0 Å². The molecular weight excluding hydrogens is 371 g/mol. The summed E-state index contributed by atoms with van der Waals surface area (Å²) < 4.78 is 16.2. The van der Waals surface area contributed by atoms with Gasteiger partial charge >= 0.3 is 0 Å². The maximum atomic E-state index is 14.5. The topological polar surface area (TPSA) is 67.2 Å². The normalized spacial score (nSPS) is 13.8. The van der Waals surface area contributed by atoms with Crippen LogP contribution in [-0.2, 0) is 18.3 Å². The fourth-order valence-electron chi connectivity index (χ4n) is 3.73. The Labute approximate surface area is 168 Å². The van der Waals surface area contributed by atoms with Crippen molar-refractivity contribution in [3.05, 3.63) is 83.2 Å². The first-order valence-corrected chi connectivity index (χ1v) is 9.39. The molecule has 0 saturated carbocycles. The minimum Gasteiger partial charge on any atom is -0.338 e. The van der Waals surface area contributed by atoms with Crippen LogP contribution in [0.15, 0.2) is 54.9 Å². The van der Waals surface area contributed by atoms with Gasteiger partial charge in [0.1, 0.15) is 17.7 Å². The predicted molar refractivity (Wildman–Crippen MR) is 107 cm³/mol. The zero-order valence-electron chi connectivity index (χ0n) is 16.2. The third-order valence-electron chi connectivity index (χ3n) is 5.23. The Bertz CT molecular complexity index is 1090. The molecule has 6 nitrogen and oxygen atoms in total. The zero-order valence-corrected chi connectivity index (χ0v) is 16.2. The molecule has 2 amide bonds. The summed E-state index contributed by atoms with van der Waals surface area (Å²) in [6, 6.07) is 10.9. The van der Waals surface area contributed by atoms with Gasteiger partial charge in [-0.25, -0.2) is 9.37 Å². The standard InChI is InChI=1S/C22H21FN4O2/c1-14(28)27-11-9-15-13-16(7-8-19(15)27)22(29)25-20(21-24-10-12-26(21)2)17-5-3-4-6-18(17)23/h3-8,10,12-13,20H,9,11H2,1-2H3,(H,25,29). The van der Waals surface area contributed by atoms with Gasteiger partial charge in [-0.2, -0.15) is 0 Å². The van der Waals surface area contributed by atoms with Crippen molar-refractivity contribution in [2.75, 3.05) is 11.4 Å². The summed E-state index contributed by atoms with van der Waals surface area (Å²) in [7, 11) is 1.80. The fourth-order valence-corrected chi connectivity index (χ4v) is 3.73. The lowest BCUT2D eigenvalue weighted by Gasteiger charge is -2.20. The number of halogens is 1. The monoisotopic (exact) mass is 392 g/mol. The van der Waals surface area contributed by atoms with Crippen molar-refractivity contribution in [2.45, 2.75) is 19.4 Å². The average Bonchev–Trinajstić information content (AvgIpc) is 3.32. The Balaban J connectivity index is 1.65. The van der Waals surface area contributed by atoms with Gasteiger partial charge < -0.3 is 14.8 Å². The number of carbonyl (C=O) groups is 2. The lowest BCUT2D eigenvalue weighted by Crippen LogP contribution is -2.31. The van der Waals surface area contributed by atoms with E-state index in [1.165, 1.54) is 13.0 Å². The quantitative estimate of drug-likeness (QED) is 0.742. The summed E-state index contributed by atoms with van der Waals surface area (Å²) in [5.74, 6) is -0.222. The lowest BCUT2D eigenvalue weighted by molar-refractivity contribution is -0.116. The number of nitrogens with zero attached hydrogens (tertiary/aromatic N) is 3. The number of anilines is 1. The van der Waals surface area contributed by atoms with Crippen molar-refractivity contribution in [1.29, 1.82) is 0 Å². The van der Waals surface area contributed by atoms with Gasteiger partial charge in [0.2, 0.25) is 5.91 Å². The maximum Gasteiger partial charge on any atom is 0.252 e. The highest BCUT2D eigenvalue weighted by Crippen LogP contribution is 2.29. The van der Waals surface area contributed by atoms with Crippen LogP contribution in [0.5, 0.6) is 0 Å². The van der Waals surface area contributed by atoms with Crippen molar-refractivity contribution in [1.82, 2.24) is 14.9 Å². The number of fused-ring (bicyclic) bond motifs is 1. The van der Waals surface area contributed by atoms with Crippen LogP contribution in [0.1, 0.15) is 40.3 Å². The summed E-state index contributed by atoms with van der Waals surface area (Å²) in [6.07, 6.45) is 4.06. The molecule has 29 heavy (non-hydrogen) atoms. The van der Waals surface area contributed by atoms with Gasteiger partial charge in [0.25, 0.3) is 5.91 Å². The Hall–Kier alpha value is -3.48. The van der Waals surface area contributed by atoms with Gasteiger partial charge in [0.05, 0.1) is 0 Å². The molecule has 148 valence electrons. The Morgan fingerprint density at radius 1 is 1.21 bits per heavy atom. The molecule has 3 aromatic rings. The highest BCUT2D eigenvalue weighted by atomic mass is 19.1. The van der Waals surface area contributed by atoms with Crippen LogP contribution < -0.4 is 10.2 Å². The molecule has 1 aliphatic rings. The maximum absolute atomic E-state index is 14.5. The molecule has 1 N–H and O–H groups in total. The van der Waals surface area contributed by atoms with E-state index in [9.17, 15) is 14.0 Å². The van der Waals surface area contributed by atoms with Crippen LogP contribution >= 0.6 is 0 Å². The number of benzene rings is 2. The van der Waals surface area contributed by atoms with Gasteiger partial charge in [0, 0.05) is 49.7 Å². The lowest BCUT2D eigenvalue weighted by atomic mass is 10.0. The molecule has 2 heterocycles. The molecule has 0 bridgehead atoms. The van der Waals surface area contributed by atoms with E-state index in [2.05, 4.69) is 10.3 Å². The fraction of sp³-hybridized carbons (Fsp3) is 0.227. The van der Waals surface area contributed by atoms with E-state index in [1.54, 1.807) is 65.3 Å². The van der Waals surface area contributed by atoms with Gasteiger partial charge in [0.15, 0.2) is 0 Å². The summed E-state index contributed by atoms with van der Waals surface area (Å²) in [5, 5.41) is 2.92. The number of hydrogen-bond donors (Lipinski definition) is 1. The summed E-state index contributed by atoms with van der Waals surface area (Å²) in [4.78, 5) is 30.7. The molecule has 1 atom stereocenters. The van der Waals surface area contributed by atoms with Crippen LogP contribution in [0, 0.1) is 5.82 Å². The van der Waals surface area contributed by atoms with Gasteiger partial charge in [-0.1, -0.05) is 18.2 Å². The van der Waals surface area contributed by atoms with Gasteiger partial charge in [-0.3, -0.25) is 9.59 Å². The highest BCUT2D eigenvalue weighted by molar-refractivity contribution is 5.98. The summed E-state index contributed by atoms with van der Waals surface area (Å²) in [6.45, 7) is 2.14. The molecule has 1 aromatic heterocycles. The minimum atomic E-state index is -0.731. The third kappa shape index (κ3) is 3.51. The molecule has 0 aliphatic carbocycles. The molecule has 2 aromatic carbocycles. The SMILES string of the molecule is CC(=O)N1CCc2cc(C(=O)NC(c3ccccc3F)c3nccn3C)ccc21. The highest BCUT2D eigenvalue weighted by Gasteiger charge is 2.26. The van der Waals surface area contributed by atoms with E-state index in [4.69, 9.17) is 0 Å². The van der Waals surface area contributed by atoms with Gasteiger partial charge in [-0.05, 0) is 36.2 Å². The second-order valence-electron chi connectivity index (χ2n) is 7.09. The van der Waals surface area contributed by atoms with E-state index >= 15 is 0 Å². The number of nitrogens with one attached hydrogen (secondary N) is 1. The van der Waals surface area contributed by atoms with Gasteiger partial charge in [-0.15, -0.1) is 0 Å². The second-order valence-corrected chi connectivity index (χ2v) is 7.09.